The molecule has 0 saturated carbocycles. The number of phenols is 2. The topological polar surface area (TPSA) is 196 Å². The number of azo groups is 1. The summed E-state index contributed by atoms with van der Waals surface area (Å²) in [7, 11) is -4.60. The van der Waals surface area contributed by atoms with Crippen LogP contribution >= 0.6 is 0 Å². The number of phenolic OH excluding ortho intramolecular Hbond substituents is 2. The number of anilines is 1. The molecule has 6 rings (SSSR count). The van der Waals surface area contributed by atoms with Gasteiger partial charge >= 0.3 is 0 Å². The van der Waals surface area contributed by atoms with E-state index in [4.69, 9.17) is 9.47 Å². The molecule has 56 heavy (non-hydrogen) atoms. The molecular weight excluding hydrogens is 737 g/mol. The molecule has 288 valence electrons. The van der Waals surface area contributed by atoms with Crippen molar-refractivity contribution in [2.24, 2.45) is 10.2 Å². The summed E-state index contributed by atoms with van der Waals surface area (Å²) in [5, 5.41) is 37.5. The van der Waals surface area contributed by atoms with E-state index in [0.717, 1.165) is 23.8 Å². The van der Waals surface area contributed by atoms with E-state index in [-0.39, 0.29) is 45.1 Å². The fourth-order valence-corrected chi connectivity index (χ4v) is 6.80. The Morgan fingerprint density at radius 3 is 2.27 bits per heavy atom. The van der Waals surface area contributed by atoms with E-state index in [2.05, 4.69) is 26.9 Å². The number of fused-ring (bicyclic) bond motifs is 2. The largest absolute Gasteiger partial charge is 0.506 e. The summed E-state index contributed by atoms with van der Waals surface area (Å²) in [6.07, 6.45) is 1.46. The monoisotopic (exact) mass is 776 g/mol. The number of aromatic hydroxyl groups is 2. The van der Waals surface area contributed by atoms with Crippen LogP contribution in [0, 0.1) is 20.8 Å². The van der Waals surface area contributed by atoms with E-state index >= 15 is 0 Å². The molecule has 6 aromatic carbocycles. The number of amides is 2. The summed E-state index contributed by atoms with van der Waals surface area (Å²) in [4.78, 5) is 24.4. The molecule has 0 aromatic heterocycles. The minimum atomic E-state index is -4.60. The minimum absolute atomic E-state index is 0.0268. The van der Waals surface area contributed by atoms with Crippen molar-refractivity contribution >= 4 is 60.5 Å². The van der Waals surface area contributed by atoms with Crippen molar-refractivity contribution in [3.63, 3.8) is 0 Å². The molecule has 14 heteroatoms. The lowest BCUT2D eigenvalue weighted by Crippen LogP contribution is -2.24. The minimum Gasteiger partial charge on any atom is -0.506 e. The zero-order valence-electron chi connectivity index (χ0n) is 31.1. The fourth-order valence-electron chi connectivity index (χ4n) is 6.25. The number of nitrogens with zero attached hydrogens (tertiary/aromatic N) is 2. The first-order chi connectivity index (χ1) is 26.7. The van der Waals surface area contributed by atoms with Crippen LogP contribution in [0.5, 0.6) is 28.7 Å². The lowest BCUT2D eigenvalue weighted by atomic mass is 10.0. The molecule has 0 atom stereocenters. The average Bonchev–Trinajstić information content (AvgIpc) is 3.13. The second-order valence-corrected chi connectivity index (χ2v) is 14.7. The quantitative estimate of drug-likeness (QED) is 0.0431. The third kappa shape index (κ3) is 8.88. The van der Waals surface area contributed by atoms with Gasteiger partial charge in [-0.1, -0.05) is 29.8 Å². The molecule has 0 aliphatic heterocycles. The Kier molecular flexibility index (Phi) is 11.5. The Bertz CT molecular complexity index is 2630. The molecule has 0 bridgehead atoms. The van der Waals surface area contributed by atoms with Gasteiger partial charge in [-0.3, -0.25) is 14.1 Å². The van der Waals surface area contributed by atoms with Gasteiger partial charge in [-0.2, -0.15) is 13.5 Å². The van der Waals surface area contributed by atoms with Crippen LogP contribution in [0.4, 0.5) is 17.1 Å². The number of rotatable bonds is 13. The first kappa shape index (κ1) is 39.2. The third-order valence-corrected chi connectivity index (χ3v) is 9.80. The highest BCUT2D eigenvalue weighted by Gasteiger charge is 2.20. The molecule has 0 saturated heterocycles. The molecule has 13 nitrogen and oxygen atoms in total. The molecule has 0 radical (unpaired) electrons. The van der Waals surface area contributed by atoms with E-state index in [1.807, 2.05) is 26.0 Å². The highest BCUT2D eigenvalue weighted by Crippen LogP contribution is 2.44. The van der Waals surface area contributed by atoms with Gasteiger partial charge in [0.25, 0.3) is 16.0 Å². The summed E-state index contributed by atoms with van der Waals surface area (Å²) in [5.74, 6) is 0.352. The zero-order chi connectivity index (χ0) is 40.1. The van der Waals surface area contributed by atoms with E-state index < -0.39 is 20.9 Å². The van der Waals surface area contributed by atoms with E-state index in [1.165, 1.54) is 18.6 Å². The number of carbonyl (C=O) groups is 2. The molecule has 2 amide bonds. The van der Waals surface area contributed by atoms with Gasteiger partial charge in [-0.25, -0.2) is 0 Å². The number of benzene rings is 6. The van der Waals surface area contributed by atoms with Gasteiger partial charge in [0, 0.05) is 29.6 Å². The van der Waals surface area contributed by atoms with Gasteiger partial charge in [0.1, 0.15) is 28.7 Å². The molecule has 0 aliphatic rings. The van der Waals surface area contributed by atoms with Crippen molar-refractivity contribution in [2.75, 3.05) is 18.5 Å². The van der Waals surface area contributed by atoms with Crippen molar-refractivity contribution < 1.29 is 42.2 Å². The van der Waals surface area contributed by atoms with Gasteiger partial charge < -0.3 is 30.3 Å². The summed E-state index contributed by atoms with van der Waals surface area (Å²) in [6.45, 7) is 7.87. The Hall–Kier alpha value is -6.51. The predicted molar refractivity (Wildman–Crippen MR) is 214 cm³/mol. The number of aryl methyl sites for hydroxylation is 3. The second kappa shape index (κ2) is 16.5. The SMILES string of the molecule is CC(=O)Nc1cc(S(=O)(=O)O)cc2cc(C)c(N=Nc3ccc(Oc4cccc5c(O)c(C(=O)NCCCCOc6ccc(C)cc6C)ccc45)cc3)c(O)c12. The van der Waals surface area contributed by atoms with Gasteiger partial charge in [0.2, 0.25) is 5.91 Å². The lowest BCUT2D eigenvalue weighted by Gasteiger charge is -2.14. The van der Waals surface area contributed by atoms with Crippen LogP contribution in [0.3, 0.4) is 0 Å². The summed E-state index contributed by atoms with van der Waals surface area (Å²) in [6, 6.07) is 24.9. The van der Waals surface area contributed by atoms with E-state index in [9.17, 15) is 32.8 Å². The van der Waals surface area contributed by atoms with Crippen molar-refractivity contribution in [3.05, 3.63) is 113 Å². The second-order valence-electron chi connectivity index (χ2n) is 13.3. The van der Waals surface area contributed by atoms with Crippen LogP contribution in [0.2, 0.25) is 0 Å². The predicted octanol–water partition coefficient (Wildman–Crippen LogP) is 9.33. The number of ether oxygens (including phenoxy) is 2. The van der Waals surface area contributed by atoms with Crippen molar-refractivity contribution in [1.29, 1.82) is 0 Å². The first-order valence-corrected chi connectivity index (χ1v) is 19.1. The van der Waals surface area contributed by atoms with Crippen LogP contribution in [0.15, 0.2) is 106 Å². The maximum atomic E-state index is 13.0. The molecule has 5 N–H and O–H groups in total. The normalized spacial score (nSPS) is 11.6. The smallest absolute Gasteiger partial charge is 0.294 e. The summed E-state index contributed by atoms with van der Waals surface area (Å²) in [5.41, 5.74) is 3.34. The van der Waals surface area contributed by atoms with Gasteiger partial charge in [-0.05, 0) is 117 Å². The van der Waals surface area contributed by atoms with Crippen molar-refractivity contribution in [2.45, 2.75) is 45.4 Å². The highest BCUT2D eigenvalue weighted by atomic mass is 32.2. The van der Waals surface area contributed by atoms with Gasteiger partial charge in [0.15, 0.2) is 5.75 Å². The van der Waals surface area contributed by atoms with Crippen LogP contribution in [-0.2, 0) is 14.9 Å². The number of hydrogen-bond acceptors (Lipinski definition) is 10. The van der Waals surface area contributed by atoms with Gasteiger partial charge in [-0.15, -0.1) is 5.11 Å². The third-order valence-electron chi connectivity index (χ3n) is 8.97. The Balaban J connectivity index is 1.11. The fraction of sp³-hybridized carbons (Fsp3) is 0.190. The van der Waals surface area contributed by atoms with Crippen LogP contribution < -0.4 is 20.1 Å². The first-order valence-electron chi connectivity index (χ1n) is 17.7. The standard InChI is InChI=1S/C42H40N4O9S/c1-24-10-17-36(25(2)20-24)54-19-6-5-18-43-42(50)34-16-15-32-33(40(34)48)8-7-9-37(32)55-30-13-11-29(12-14-30)45-46-39-26(3)21-28-22-31(56(51,52)53)23-35(44-27(4)47)38(28)41(39)49/h7-17,20-23,48-49H,5-6,18-19H2,1-4H3,(H,43,50)(H,44,47)(H,51,52,53). The molecule has 0 fully saturated rings. The van der Waals surface area contributed by atoms with E-state index in [1.54, 1.807) is 67.6 Å². The van der Waals surface area contributed by atoms with Crippen LogP contribution in [0.1, 0.15) is 46.8 Å². The number of nitrogens with one attached hydrogen (secondary N) is 2. The molecule has 6 aromatic rings. The Morgan fingerprint density at radius 2 is 1.55 bits per heavy atom. The van der Waals surface area contributed by atoms with Gasteiger partial charge in [0.05, 0.1) is 28.4 Å². The maximum Gasteiger partial charge on any atom is 0.294 e. The molecule has 0 spiro atoms. The lowest BCUT2D eigenvalue weighted by molar-refractivity contribution is -0.114. The molecular formula is C42H40N4O9S. The molecule has 0 heterocycles. The summed E-state index contributed by atoms with van der Waals surface area (Å²) >= 11 is 0. The highest BCUT2D eigenvalue weighted by molar-refractivity contribution is 7.85. The van der Waals surface area contributed by atoms with Crippen molar-refractivity contribution in [3.8, 4) is 28.7 Å². The maximum absolute atomic E-state index is 13.0. The number of hydrogen-bond donors (Lipinski definition) is 5. The van der Waals surface area contributed by atoms with Crippen LogP contribution in [0.25, 0.3) is 21.5 Å². The van der Waals surface area contributed by atoms with Crippen LogP contribution in [-0.4, -0.2) is 48.1 Å². The number of carbonyl (C=O) groups excluding carboxylic acids is 2. The Labute approximate surface area is 323 Å². The molecule has 0 aliphatic carbocycles. The Morgan fingerprint density at radius 1 is 0.786 bits per heavy atom. The zero-order valence-corrected chi connectivity index (χ0v) is 31.9. The molecule has 0 unspecified atom stereocenters. The number of unbranched alkanes of at least 4 members (excludes halogenated alkanes) is 1. The summed E-state index contributed by atoms with van der Waals surface area (Å²) < 4.78 is 45.3. The van der Waals surface area contributed by atoms with Crippen molar-refractivity contribution in [1.82, 2.24) is 5.32 Å². The van der Waals surface area contributed by atoms with E-state index in [0.29, 0.717) is 53.1 Å². The average molecular weight is 777 g/mol.